The molecule has 0 saturated heterocycles. The van der Waals surface area contributed by atoms with Gasteiger partial charge in [0.15, 0.2) is 0 Å². The van der Waals surface area contributed by atoms with Crippen molar-refractivity contribution in [1.29, 1.82) is 0 Å². The zero-order valence-corrected chi connectivity index (χ0v) is 12.4. The van der Waals surface area contributed by atoms with Gasteiger partial charge in [-0.05, 0) is 30.9 Å². The monoisotopic (exact) mass is 275 g/mol. The molecule has 0 bridgehead atoms. The lowest BCUT2D eigenvalue weighted by atomic mass is 10.1. The van der Waals surface area contributed by atoms with E-state index in [-0.39, 0.29) is 5.82 Å². The van der Waals surface area contributed by atoms with Gasteiger partial charge in [-0.2, -0.15) is 0 Å². The number of imidazole rings is 1. The summed E-state index contributed by atoms with van der Waals surface area (Å²) in [5.41, 5.74) is 1.72. The SMILES string of the molecule is Cc1cn(CCc2ccccc2F)c(NCC(C)C)n1. The smallest absolute Gasteiger partial charge is 0.203 e. The molecule has 108 valence electrons. The second kappa shape index (κ2) is 6.55. The fraction of sp³-hybridized carbons (Fsp3) is 0.438. The van der Waals surface area contributed by atoms with E-state index in [4.69, 9.17) is 0 Å². The molecule has 1 N–H and O–H groups in total. The fourth-order valence-corrected chi connectivity index (χ4v) is 2.10. The van der Waals surface area contributed by atoms with Crippen LogP contribution < -0.4 is 5.32 Å². The minimum atomic E-state index is -0.138. The van der Waals surface area contributed by atoms with Crippen LogP contribution in [0.2, 0.25) is 0 Å². The molecule has 3 nitrogen and oxygen atoms in total. The summed E-state index contributed by atoms with van der Waals surface area (Å²) in [6.45, 7) is 7.90. The molecular formula is C16H22FN3. The van der Waals surface area contributed by atoms with Crippen LogP contribution in [0, 0.1) is 18.7 Å². The van der Waals surface area contributed by atoms with Crippen molar-refractivity contribution in [2.45, 2.75) is 33.7 Å². The van der Waals surface area contributed by atoms with Gasteiger partial charge in [-0.1, -0.05) is 32.0 Å². The highest BCUT2D eigenvalue weighted by molar-refractivity contribution is 5.29. The van der Waals surface area contributed by atoms with E-state index in [9.17, 15) is 4.39 Å². The summed E-state index contributed by atoms with van der Waals surface area (Å²) < 4.78 is 15.7. The van der Waals surface area contributed by atoms with Crippen LogP contribution in [0.15, 0.2) is 30.5 Å². The average molecular weight is 275 g/mol. The predicted molar refractivity (Wildman–Crippen MR) is 80.4 cm³/mol. The van der Waals surface area contributed by atoms with Crippen molar-refractivity contribution in [2.24, 2.45) is 5.92 Å². The van der Waals surface area contributed by atoms with Crippen molar-refractivity contribution in [1.82, 2.24) is 9.55 Å². The number of halogens is 1. The van der Waals surface area contributed by atoms with Gasteiger partial charge in [-0.3, -0.25) is 0 Å². The normalized spacial score (nSPS) is 11.1. The van der Waals surface area contributed by atoms with E-state index in [0.717, 1.165) is 30.3 Å². The summed E-state index contributed by atoms with van der Waals surface area (Å²) in [6.07, 6.45) is 2.67. The summed E-state index contributed by atoms with van der Waals surface area (Å²) in [6, 6.07) is 6.93. The van der Waals surface area contributed by atoms with Crippen molar-refractivity contribution >= 4 is 5.95 Å². The molecule has 20 heavy (non-hydrogen) atoms. The van der Waals surface area contributed by atoms with Crippen molar-refractivity contribution in [3.63, 3.8) is 0 Å². The van der Waals surface area contributed by atoms with Crippen LogP contribution in [-0.4, -0.2) is 16.1 Å². The average Bonchev–Trinajstić information content (AvgIpc) is 2.76. The highest BCUT2D eigenvalue weighted by Crippen LogP contribution is 2.13. The molecule has 0 spiro atoms. The van der Waals surface area contributed by atoms with Gasteiger partial charge in [-0.25, -0.2) is 9.37 Å². The van der Waals surface area contributed by atoms with Crippen molar-refractivity contribution < 1.29 is 4.39 Å². The van der Waals surface area contributed by atoms with Gasteiger partial charge in [0, 0.05) is 19.3 Å². The Hall–Kier alpha value is -1.84. The molecule has 0 saturated carbocycles. The minimum absolute atomic E-state index is 0.138. The third-order valence-corrected chi connectivity index (χ3v) is 3.15. The molecule has 0 atom stereocenters. The van der Waals surface area contributed by atoms with Crippen LogP contribution in [0.25, 0.3) is 0 Å². The van der Waals surface area contributed by atoms with Crippen molar-refractivity contribution in [2.75, 3.05) is 11.9 Å². The first-order valence-corrected chi connectivity index (χ1v) is 7.07. The Kier molecular flexibility index (Phi) is 4.77. The number of aromatic nitrogens is 2. The Morgan fingerprint density at radius 3 is 2.75 bits per heavy atom. The molecule has 1 aromatic heterocycles. The maximum atomic E-state index is 13.6. The molecule has 1 aromatic carbocycles. The number of rotatable bonds is 6. The van der Waals surface area contributed by atoms with E-state index in [2.05, 4.69) is 28.7 Å². The first kappa shape index (κ1) is 14.6. The van der Waals surface area contributed by atoms with E-state index >= 15 is 0 Å². The molecule has 0 aliphatic carbocycles. The third kappa shape index (κ3) is 3.83. The van der Waals surface area contributed by atoms with Gasteiger partial charge < -0.3 is 9.88 Å². The molecule has 0 amide bonds. The highest BCUT2D eigenvalue weighted by atomic mass is 19.1. The zero-order valence-electron chi connectivity index (χ0n) is 12.4. The topological polar surface area (TPSA) is 29.9 Å². The first-order valence-electron chi connectivity index (χ1n) is 7.07. The van der Waals surface area contributed by atoms with E-state index < -0.39 is 0 Å². The van der Waals surface area contributed by atoms with Gasteiger partial charge >= 0.3 is 0 Å². The van der Waals surface area contributed by atoms with Crippen LogP contribution in [0.4, 0.5) is 10.3 Å². The second-order valence-electron chi connectivity index (χ2n) is 5.52. The van der Waals surface area contributed by atoms with Crippen molar-refractivity contribution in [3.05, 3.63) is 47.5 Å². The molecule has 0 aliphatic heterocycles. The predicted octanol–water partition coefficient (Wildman–Crippen LogP) is 3.64. The summed E-state index contributed by atoms with van der Waals surface area (Å²) >= 11 is 0. The number of aryl methyl sites for hydroxylation is 3. The largest absolute Gasteiger partial charge is 0.355 e. The third-order valence-electron chi connectivity index (χ3n) is 3.15. The summed E-state index contributed by atoms with van der Waals surface area (Å²) in [5, 5.41) is 3.34. The molecule has 1 heterocycles. The van der Waals surface area contributed by atoms with E-state index in [1.807, 2.05) is 25.3 Å². The molecule has 0 fully saturated rings. The molecule has 2 aromatic rings. The molecule has 4 heteroatoms. The van der Waals surface area contributed by atoms with Gasteiger partial charge in [0.1, 0.15) is 5.82 Å². The zero-order chi connectivity index (χ0) is 14.5. The van der Waals surface area contributed by atoms with Crippen LogP contribution in [-0.2, 0) is 13.0 Å². The number of hydrogen-bond donors (Lipinski definition) is 1. The molecule has 2 rings (SSSR count). The van der Waals surface area contributed by atoms with E-state index in [1.54, 1.807) is 6.07 Å². The number of hydrogen-bond acceptors (Lipinski definition) is 2. The Balaban J connectivity index is 2.04. The number of nitrogens with zero attached hydrogens (tertiary/aromatic N) is 2. The Morgan fingerprint density at radius 1 is 1.30 bits per heavy atom. The maximum Gasteiger partial charge on any atom is 0.203 e. The van der Waals surface area contributed by atoms with E-state index in [0.29, 0.717) is 12.3 Å². The first-order chi connectivity index (χ1) is 9.56. The van der Waals surface area contributed by atoms with Gasteiger partial charge in [0.2, 0.25) is 5.95 Å². The van der Waals surface area contributed by atoms with Crippen LogP contribution in [0.3, 0.4) is 0 Å². The lowest BCUT2D eigenvalue weighted by molar-refractivity contribution is 0.593. The number of nitrogens with one attached hydrogen (secondary N) is 1. The standard InChI is InChI=1S/C16H22FN3/c1-12(2)10-18-16-19-13(3)11-20(16)9-8-14-6-4-5-7-15(14)17/h4-7,11-12H,8-10H2,1-3H3,(H,18,19). The van der Waals surface area contributed by atoms with Crippen LogP contribution >= 0.6 is 0 Å². The van der Waals surface area contributed by atoms with Gasteiger partial charge in [0.25, 0.3) is 0 Å². The second-order valence-corrected chi connectivity index (χ2v) is 5.52. The minimum Gasteiger partial charge on any atom is -0.355 e. The highest BCUT2D eigenvalue weighted by Gasteiger charge is 2.07. The van der Waals surface area contributed by atoms with E-state index in [1.165, 1.54) is 6.07 Å². The van der Waals surface area contributed by atoms with Gasteiger partial charge in [-0.15, -0.1) is 0 Å². The van der Waals surface area contributed by atoms with Crippen LogP contribution in [0.1, 0.15) is 25.1 Å². The Morgan fingerprint density at radius 2 is 2.05 bits per heavy atom. The summed E-state index contributed by atoms with van der Waals surface area (Å²) in [5.74, 6) is 1.29. The molecule has 0 unspecified atom stereocenters. The molecule has 0 radical (unpaired) electrons. The fourth-order valence-electron chi connectivity index (χ4n) is 2.10. The van der Waals surface area contributed by atoms with Crippen LogP contribution in [0.5, 0.6) is 0 Å². The summed E-state index contributed by atoms with van der Waals surface area (Å²) in [7, 11) is 0. The lowest BCUT2D eigenvalue weighted by Gasteiger charge is -2.11. The maximum absolute atomic E-state index is 13.6. The number of anilines is 1. The quantitative estimate of drug-likeness (QED) is 0.872. The Bertz CT molecular complexity index is 561. The molecule has 0 aliphatic rings. The van der Waals surface area contributed by atoms with Gasteiger partial charge in [0.05, 0.1) is 5.69 Å². The molecular weight excluding hydrogens is 253 g/mol. The van der Waals surface area contributed by atoms with Crippen molar-refractivity contribution in [3.8, 4) is 0 Å². The number of benzene rings is 1. The Labute approximate surface area is 119 Å². The summed E-state index contributed by atoms with van der Waals surface area (Å²) in [4.78, 5) is 4.48. The lowest BCUT2D eigenvalue weighted by Crippen LogP contribution is -2.13.